The van der Waals surface area contributed by atoms with E-state index in [1.807, 2.05) is 30.3 Å². The van der Waals surface area contributed by atoms with Crippen molar-refractivity contribution in [3.05, 3.63) is 60.2 Å². The Hall–Kier alpha value is -2.38. The van der Waals surface area contributed by atoms with Gasteiger partial charge in [-0.3, -0.25) is 10.0 Å². The lowest BCUT2D eigenvalue weighted by atomic mass is 10.1. The van der Waals surface area contributed by atoms with Gasteiger partial charge in [0, 0.05) is 0 Å². The van der Waals surface area contributed by atoms with Gasteiger partial charge in [0.1, 0.15) is 11.0 Å². The van der Waals surface area contributed by atoms with Gasteiger partial charge in [-0.15, -0.1) is 0 Å². The molecule has 0 saturated heterocycles. The monoisotopic (exact) mass is 349 g/mol. The van der Waals surface area contributed by atoms with Crippen molar-refractivity contribution < 1.29 is 23.2 Å². The van der Waals surface area contributed by atoms with E-state index in [1.165, 1.54) is 36.9 Å². The Balaban J connectivity index is 2.26. The van der Waals surface area contributed by atoms with E-state index < -0.39 is 21.0 Å². The van der Waals surface area contributed by atoms with Crippen LogP contribution in [0.4, 0.5) is 0 Å². The largest absolute Gasteiger partial charge is 0.497 e. The van der Waals surface area contributed by atoms with E-state index in [1.54, 1.807) is 0 Å². The second-order valence-electron chi connectivity index (χ2n) is 5.21. The summed E-state index contributed by atoms with van der Waals surface area (Å²) in [5, 5.41) is 7.53. The fraction of sp³-hybridized carbons (Fsp3) is 0.235. The van der Waals surface area contributed by atoms with E-state index in [9.17, 15) is 13.2 Å². The number of ether oxygens (including phenoxy) is 1. The Bertz CT molecular complexity index is 772. The van der Waals surface area contributed by atoms with Gasteiger partial charge in [-0.2, -0.15) is 0 Å². The van der Waals surface area contributed by atoms with Crippen molar-refractivity contribution in [1.82, 2.24) is 5.48 Å². The van der Waals surface area contributed by atoms with E-state index in [2.05, 4.69) is 0 Å². The zero-order valence-electron chi connectivity index (χ0n) is 13.2. The average molecular weight is 349 g/mol. The van der Waals surface area contributed by atoms with Crippen LogP contribution in [0.2, 0.25) is 0 Å². The summed E-state index contributed by atoms with van der Waals surface area (Å²) in [6, 6.07) is 15.0. The molecule has 0 fully saturated rings. The van der Waals surface area contributed by atoms with Crippen molar-refractivity contribution in [2.75, 3.05) is 7.11 Å². The van der Waals surface area contributed by atoms with Crippen molar-refractivity contribution in [2.24, 2.45) is 0 Å². The molecule has 2 N–H and O–H groups in total. The van der Waals surface area contributed by atoms with Crippen LogP contribution >= 0.6 is 0 Å². The number of carbonyl (C=O) groups is 1. The molecule has 0 aliphatic carbocycles. The molecule has 0 aliphatic rings. The number of aryl methyl sites for hydroxylation is 1. The van der Waals surface area contributed by atoms with Crippen LogP contribution in [0.1, 0.15) is 12.0 Å². The van der Waals surface area contributed by atoms with Crippen LogP contribution in [0.5, 0.6) is 5.75 Å². The maximum atomic E-state index is 12.7. The third kappa shape index (κ3) is 4.12. The molecule has 0 saturated carbocycles. The molecule has 1 atom stereocenters. The topological polar surface area (TPSA) is 92.7 Å². The van der Waals surface area contributed by atoms with Gasteiger partial charge in [-0.25, -0.2) is 13.9 Å². The first-order valence-corrected chi connectivity index (χ1v) is 8.89. The molecule has 6 nitrogen and oxygen atoms in total. The highest BCUT2D eigenvalue weighted by atomic mass is 32.2. The number of hydroxylamine groups is 1. The highest BCUT2D eigenvalue weighted by molar-refractivity contribution is 7.92. The number of sulfone groups is 1. The second-order valence-corrected chi connectivity index (χ2v) is 7.34. The number of benzene rings is 2. The Morgan fingerprint density at radius 1 is 1.12 bits per heavy atom. The second kappa shape index (κ2) is 7.94. The van der Waals surface area contributed by atoms with Gasteiger partial charge in [0.2, 0.25) is 0 Å². The van der Waals surface area contributed by atoms with Crippen LogP contribution < -0.4 is 10.2 Å². The lowest BCUT2D eigenvalue weighted by molar-refractivity contribution is -0.128. The standard InChI is InChI=1S/C17H19NO5S/c1-23-14-8-10-15(11-9-14)24(21,22)16(17(19)18-20)12-7-13-5-3-2-4-6-13/h2-6,8-11,16,20H,7,12H2,1H3,(H,18,19). The SMILES string of the molecule is COc1ccc(S(=O)(=O)C(CCc2ccccc2)C(=O)NO)cc1. The number of hydrogen-bond acceptors (Lipinski definition) is 5. The Morgan fingerprint density at radius 3 is 2.29 bits per heavy atom. The van der Waals surface area contributed by atoms with Gasteiger partial charge < -0.3 is 4.74 Å². The quantitative estimate of drug-likeness (QED) is 0.589. The normalized spacial score (nSPS) is 12.4. The minimum Gasteiger partial charge on any atom is -0.497 e. The molecular weight excluding hydrogens is 330 g/mol. The summed E-state index contributed by atoms with van der Waals surface area (Å²) in [6.45, 7) is 0. The first-order chi connectivity index (χ1) is 11.5. The van der Waals surface area contributed by atoms with E-state index in [0.29, 0.717) is 12.2 Å². The van der Waals surface area contributed by atoms with Crippen LogP contribution in [0.3, 0.4) is 0 Å². The van der Waals surface area contributed by atoms with Crippen molar-refractivity contribution in [1.29, 1.82) is 0 Å². The van der Waals surface area contributed by atoms with Crippen LogP contribution in [0, 0.1) is 0 Å². The summed E-state index contributed by atoms with van der Waals surface area (Å²) in [5.74, 6) is -0.428. The number of methoxy groups -OCH3 is 1. The maximum Gasteiger partial charge on any atom is 0.262 e. The zero-order chi connectivity index (χ0) is 17.6. The molecule has 7 heteroatoms. The summed E-state index contributed by atoms with van der Waals surface area (Å²) >= 11 is 0. The third-order valence-electron chi connectivity index (χ3n) is 3.70. The predicted octanol–water partition coefficient (Wildman–Crippen LogP) is 1.98. The van der Waals surface area contributed by atoms with Gasteiger partial charge in [0.15, 0.2) is 9.84 Å². The van der Waals surface area contributed by atoms with Gasteiger partial charge in [-0.1, -0.05) is 30.3 Å². The molecule has 1 unspecified atom stereocenters. The van der Waals surface area contributed by atoms with Crippen molar-refractivity contribution in [2.45, 2.75) is 23.0 Å². The fourth-order valence-corrected chi connectivity index (χ4v) is 3.98. The summed E-state index contributed by atoms with van der Waals surface area (Å²) in [5.41, 5.74) is 2.37. The maximum absolute atomic E-state index is 12.7. The van der Waals surface area contributed by atoms with E-state index >= 15 is 0 Å². The van der Waals surface area contributed by atoms with Crippen LogP contribution in [-0.4, -0.2) is 31.9 Å². The number of carbonyl (C=O) groups excluding carboxylic acids is 1. The lowest BCUT2D eigenvalue weighted by Gasteiger charge is -2.16. The molecule has 0 bridgehead atoms. The summed E-state index contributed by atoms with van der Waals surface area (Å²) in [7, 11) is -2.46. The molecule has 0 heterocycles. The highest BCUT2D eigenvalue weighted by Gasteiger charge is 2.33. The first kappa shape index (κ1) is 18.0. The first-order valence-electron chi connectivity index (χ1n) is 7.35. The number of hydrogen-bond donors (Lipinski definition) is 2. The lowest BCUT2D eigenvalue weighted by Crippen LogP contribution is -2.38. The molecule has 2 aromatic rings. The summed E-state index contributed by atoms with van der Waals surface area (Å²) < 4.78 is 30.5. The highest BCUT2D eigenvalue weighted by Crippen LogP contribution is 2.23. The number of amides is 1. The van der Waals surface area contributed by atoms with E-state index in [0.717, 1.165) is 5.56 Å². The molecule has 2 aromatic carbocycles. The molecule has 2 rings (SSSR count). The average Bonchev–Trinajstić information content (AvgIpc) is 2.62. The van der Waals surface area contributed by atoms with E-state index in [4.69, 9.17) is 9.94 Å². The van der Waals surface area contributed by atoms with Gasteiger partial charge in [0.25, 0.3) is 5.91 Å². The predicted molar refractivity (Wildman–Crippen MR) is 88.7 cm³/mol. The summed E-state index contributed by atoms with van der Waals surface area (Å²) in [4.78, 5) is 11.9. The minimum absolute atomic E-state index is 0.00459. The third-order valence-corrected chi connectivity index (χ3v) is 5.83. The van der Waals surface area contributed by atoms with Crippen LogP contribution in [0.15, 0.2) is 59.5 Å². The molecule has 1 amide bonds. The van der Waals surface area contributed by atoms with Crippen LogP contribution in [0.25, 0.3) is 0 Å². The molecular formula is C17H19NO5S. The fourth-order valence-electron chi connectivity index (χ4n) is 2.37. The molecule has 0 spiro atoms. The van der Waals surface area contributed by atoms with Crippen molar-refractivity contribution in [3.63, 3.8) is 0 Å². The van der Waals surface area contributed by atoms with E-state index in [-0.39, 0.29) is 11.3 Å². The summed E-state index contributed by atoms with van der Waals surface area (Å²) in [6.07, 6.45) is 0.457. The minimum atomic E-state index is -3.94. The smallest absolute Gasteiger partial charge is 0.262 e. The van der Waals surface area contributed by atoms with Gasteiger partial charge in [-0.05, 0) is 42.7 Å². The number of nitrogens with one attached hydrogen (secondary N) is 1. The molecule has 0 aliphatic heterocycles. The van der Waals surface area contributed by atoms with Gasteiger partial charge in [0.05, 0.1) is 12.0 Å². The Kier molecular flexibility index (Phi) is 5.94. The molecule has 128 valence electrons. The van der Waals surface area contributed by atoms with Crippen molar-refractivity contribution >= 4 is 15.7 Å². The number of rotatable bonds is 7. The Morgan fingerprint density at radius 2 is 1.75 bits per heavy atom. The Labute approximate surface area is 141 Å². The van der Waals surface area contributed by atoms with Crippen molar-refractivity contribution in [3.8, 4) is 5.75 Å². The molecule has 24 heavy (non-hydrogen) atoms. The molecule has 0 aromatic heterocycles. The molecule has 0 radical (unpaired) electrons. The van der Waals surface area contributed by atoms with Crippen LogP contribution in [-0.2, 0) is 21.1 Å². The zero-order valence-corrected chi connectivity index (χ0v) is 14.0. The van der Waals surface area contributed by atoms with Gasteiger partial charge >= 0.3 is 0 Å².